The second kappa shape index (κ2) is 8.16. The quantitative estimate of drug-likeness (QED) is 0.768. The number of amides is 1. The van der Waals surface area contributed by atoms with Gasteiger partial charge in [-0.2, -0.15) is 4.98 Å². The molecule has 2 fully saturated rings. The lowest BCUT2D eigenvalue weighted by Crippen LogP contribution is -2.61. The third-order valence-electron chi connectivity index (χ3n) is 5.50. The van der Waals surface area contributed by atoms with Crippen LogP contribution in [0.5, 0.6) is 0 Å². The first-order valence-corrected chi connectivity index (χ1v) is 10.3. The normalized spacial score (nSPS) is 22.0. The summed E-state index contributed by atoms with van der Waals surface area (Å²) in [6.07, 6.45) is 3.70. The molecule has 2 aromatic rings. The van der Waals surface area contributed by atoms with Crippen molar-refractivity contribution >= 4 is 29.3 Å². The van der Waals surface area contributed by atoms with Crippen LogP contribution < -0.4 is 9.80 Å². The Hall–Kier alpha value is -2.38. The van der Waals surface area contributed by atoms with E-state index in [2.05, 4.69) is 14.9 Å². The molecule has 2 saturated heterocycles. The van der Waals surface area contributed by atoms with Crippen molar-refractivity contribution in [1.29, 1.82) is 0 Å². The molecule has 1 atom stereocenters. The molecule has 1 spiro atoms. The molecule has 2 aliphatic heterocycles. The predicted molar refractivity (Wildman–Crippen MR) is 114 cm³/mol. The molecule has 29 heavy (non-hydrogen) atoms. The van der Waals surface area contributed by atoms with Gasteiger partial charge in [-0.15, -0.1) is 0 Å². The molecule has 1 aromatic carbocycles. The summed E-state index contributed by atoms with van der Waals surface area (Å²) in [7, 11) is 3.86. The fraction of sp³-hybridized carbons (Fsp3) is 0.476. The van der Waals surface area contributed by atoms with Gasteiger partial charge in [-0.3, -0.25) is 4.79 Å². The van der Waals surface area contributed by atoms with Gasteiger partial charge in [-0.05, 0) is 37.1 Å². The number of aromatic nitrogens is 2. The fourth-order valence-corrected chi connectivity index (χ4v) is 4.28. The zero-order chi connectivity index (χ0) is 20.4. The minimum absolute atomic E-state index is 0.00392. The molecule has 3 heterocycles. The molecular weight excluding hydrogens is 390 g/mol. The Morgan fingerprint density at radius 1 is 1.24 bits per heavy atom. The molecule has 0 bridgehead atoms. The molecule has 7 nitrogen and oxygen atoms in total. The van der Waals surface area contributed by atoms with Gasteiger partial charge in [-0.25, -0.2) is 4.98 Å². The van der Waals surface area contributed by atoms with E-state index in [1.165, 1.54) is 0 Å². The third kappa shape index (κ3) is 4.31. The number of nitrogens with zero attached hydrogens (tertiary/aromatic N) is 5. The van der Waals surface area contributed by atoms with Crippen LogP contribution in [0.2, 0.25) is 5.02 Å². The highest BCUT2D eigenvalue weighted by Gasteiger charge is 2.42. The Morgan fingerprint density at radius 3 is 2.90 bits per heavy atom. The Bertz CT molecular complexity index is 889. The molecule has 154 valence electrons. The SMILES string of the molecule is CN(C)c1nccc(N2CCCC3(CN(C(=O)c4cccc(Cl)c4)CCO3)C2)n1. The number of piperidine rings is 1. The Labute approximate surface area is 176 Å². The van der Waals surface area contributed by atoms with Gasteiger partial charge < -0.3 is 19.4 Å². The first kappa shape index (κ1) is 19.9. The first-order valence-electron chi connectivity index (χ1n) is 9.90. The topological polar surface area (TPSA) is 61.8 Å². The number of anilines is 2. The smallest absolute Gasteiger partial charge is 0.254 e. The lowest BCUT2D eigenvalue weighted by Gasteiger charge is -2.48. The molecule has 0 saturated carbocycles. The van der Waals surface area contributed by atoms with E-state index in [1.807, 2.05) is 42.1 Å². The van der Waals surface area contributed by atoms with Crippen LogP contribution in [0.25, 0.3) is 0 Å². The third-order valence-corrected chi connectivity index (χ3v) is 5.73. The number of halogens is 1. The van der Waals surface area contributed by atoms with Crippen LogP contribution in [0.4, 0.5) is 11.8 Å². The summed E-state index contributed by atoms with van der Waals surface area (Å²) in [5.74, 6) is 1.58. The molecule has 8 heteroatoms. The lowest BCUT2D eigenvalue weighted by atomic mass is 9.90. The summed E-state index contributed by atoms with van der Waals surface area (Å²) in [4.78, 5) is 28.0. The van der Waals surface area contributed by atoms with Crippen molar-refractivity contribution in [2.45, 2.75) is 18.4 Å². The summed E-state index contributed by atoms with van der Waals surface area (Å²) in [5, 5.41) is 0.572. The first-order chi connectivity index (χ1) is 14.0. The Balaban J connectivity index is 1.51. The van der Waals surface area contributed by atoms with E-state index < -0.39 is 0 Å². The molecular formula is C21H26ClN5O2. The molecule has 1 unspecified atom stereocenters. The van der Waals surface area contributed by atoms with Crippen LogP contribution in [0.3, 0.4) is 0 Å². The number of morpholine rings is 1. The van der Waals surface area contributed by atoms with Gasteiger partial charge in [0.05, 0.1) is 19.7 Å². The summed E-state index contributed by atoms with van der Waals surface area (Å²) < 4.78 is 6.26. The molecule has 4 rings (SSSR count). The number of hydrogen-bond donors (Lipinski definition) is 0. The largest absolute Gasteiger partial charge is 0.369 e. The Morgan fingerprint density at radius 2 is 2.10 bits per heavy atom. The van der Waals surface area contributed by atoms with E-state index in [9.17, 15) is 4.79 Å². The van der Waals surface area contributed by atoms with Crippen molar-refractivity contribution in [1.82, 2.24) is 14.9 Å². The number of rotatable bonds is 3. The van der Waals surface area contributed by atoms with Gasteiger partial charge in [0.25, 0.3) is 5.91 Å². The lowest BCUT2D eigenvalue weighted by molar-refractivity contribution is -0.105. The van der Waals surface area contributed by atoms with E-state index in [-0.39, 0.29) is 11.5 Å². The minimum atomic E-state index is -0.381. The highest BCUT2D eigenvalue weighted by molar-refractivity contribution is 6.30. The van der Waals surface area contributed by atoms with E-state index in [0.29, 0.717) is 42.8 Å². The van der Waals surface area contributed by atoms with E-state index >= 15 is 0 Å². The van der Waals surface area contributed by atoms with Crippen LogP contribution in [0.1, 0.15) is 23.2 Å². The number of carbonyl (C=O) groups excluding carboxylic acids is 1. The highest BCUT2D eigenvalue weighted by atomic mass is 35.5. The summed E-state index contributed by atoms with van der Waals surface area (Å²) in [6, 6.07) is 9.06. The van der Waals surface area contributed by atoms with Crippen molar-refractivity contribution in [3.05, 3.63) is 47.1 Å². The molecule has 0 N–H and O–H groups in total. The molecule has 0 aliphatic carbocycles. The van der Waals surface area contributed by atoms with Crippen LogP contribution >= 0.6 is 11.6 Å². The zero-order valence-electron chi connectivity index (χ0n) is 16.8. The van der Waals surface area contributed by atoms with Gasteiger partial charge in [0.15, 0.2) is 0 Å². The zero-order valence-corrected chi connectivity index (χ0v) is 17.6. The molecule has 1 aromatic heterocycles. The van der Waals surface area contributed by atoms with E-state index in [0.717, 1.165) is 25.2 Å². The summed E-state index contributed by atoms with van der Waals surface area (Å²) >= 11 is 6.07. The molecule has 1 amide bonds. The fourth-order valence-electron chi connectivity index (χ4n) is 4.09. The number of carbonyl (C=O) groups is 1. The number of ether oxygens (including phenoxy) is 1. The van der Waals surface area contributed by atoms with Gasteiger partial charge in [0.2, 0.25) is 5.95 Å². The number of hydrogen-bond acceptors (Lipinski definition) is 6. The van der Waals surface area contributed by atoms with Gasteiger partial charge in [-0.1, -0.05) is 17.7 Å². The maximum absolute atomic E-state index is 13.0. The second-order valence-electron chi connectivity index (χ2n) is 7.90. The van der Waals surface area contributed by atoms with Crippen LogP contribution in [-0.4, -0.2) is 73.3 Å². The second-order valence-corrected chi connectivity index (χ2v) is 8.34. The van der Waals surface area contributed by atoms with Crippen molar-refractivity contribution in [3.8, 4) is 0 Å². The van der Waals surface area contributed by atoms with E-state index in [1.54, 1.807) is 18.3 Å². The highest BCUT2D eigenvalue weighted by Crippen LogP contribution is 2.32. The maximum atomic E-state index is 13.0. The van der Waals surface area contributed by atoms with Crippen molar-refractivity contribution < 1.29 is 9.53 Å². The average Bonchev–Trinajstić information content (AvgIpc) is 2.73. The Kier molecular flexibility index (Phi) is 5.61. The van der Waals surface area contributed by atoms with Crippen LogP contribution in [0.15, 0.2) is 36.5 Å². The van der Waals surface area contributed by atoms with Crippen molar-refractivity contribution in [3.63, 3.8) is 0 Å². The maximum Gasteiger partial charge on any atom is 0.254 e. The number of benzene rings is 1. The summed E-state index contributed by atoms with van der Waals surface area (Å²) in [5.41, 5.74) is 0.238. The molecule has 2 aliphatic rings. The molecule has 0 radical (unpaired) electrons. The minimum Gasteiger partial charge on any atom is -0.369 e. The monoisotopic (exact) mass is 415 g/mol. The van der Waals surface area contributed by atoms with E-state index in [4.69, 9.17) is 16.3 Å². The van der Waals surface area contributed by atoms with Crippen molar-refractivity contribution in [2.75, 3.05) is 56.7 Å². The summed E-state index contributed by atoms with van der Waals surface area (Å²) in [6.45, 7) is 3.31. The van der Waals surface area contributed by atoms with Crippen molar-refractivity contribution in [2.24, 2.45) is 0 Å². The van der Waals surface area contributed by atoms with Crippen LogP contribution in [0, 0.1) is 0 Å². The predicted octanol–water partition coefficient (Wildman–Crippen LogP) is 2.71. The van der Waals surface area contributed by atoms with Gasteiger partial charge >= 0.3 is 0 Å². The van der Waals surface area contributed by atoms with Gasteiger partial charge in [0.1, 0.15) is 11.4 Å². The standard InChI is InChI=1S/C21H26ClN5O2/c1-25(2)20-23-9-7-18(24-20)26-10-4-8-21(14-26)15-27(11-12-29-21)19(28)16-5-3-6-17(22)13-16/h3,5-7,9,13H,4,8,10-12,14-15H2,1-2H3. The average molecular weight is 416 g/mol. The van der Waals surface area contributed by atoms with Crippen LogP contribution in [-0.2, 0) is 4.74 Å². The van der Waals surface area contributed by atoms with Gasteiger partial charge in [0, 0.05) is 44.0 Å².